The summed E-state index contributed by atoms with van der Waals surface area (Å²) in [6.45, 7) is 5.26. The number of aromatic carboxylic acids is 1. The summed E-state index contributed by atoms with van der Waals surface area (Å²) < 4.78 is 5.24. The fraction of sp³-hybridized carbons (Fsp3) is 0.250. The van der Waals surface area contributed by atoms with Gasteiger partial charge in [0.05, 0.1) is 22.5 Å². The molecule has 4 N–H and O–H groups in total. The molecule has 0 aliphatic rings. The lowest BCUT2D eigenvalue weighted by atomic mass is 10.1. The van der Waals surface area contributed by atoms with Crippen LogP contribution in [0.5, 0.6) is 0 Å². The number of amides is 2. The van der Waals surface area contributed by atoms with Crippen LogP contribution < -0.4 is 16.0 Å². The number of anilines is 3. The van der Waals surface area contributed by atoms with Crippen molar-refractivity contribution in [1.29, 1.82) is 0 Å². The SMILES string of the molecule is CNc1ccc(NC(=O)c2ccccc2C(=O)O)cc1NC(=O)OC(C)(C)C. The highest BCUT2D eigenvalue weighted by Gasteiger charge is 2.19. The van der Waals surface area contributed by atoms with Gasteiger partial charge in [0.1, 0.15) is 5.60 Å². The number of benzene rings is 2. The molecule has 2 aromatic rings. The molecule has 148 valence electrons. The van der Waals surface area contributed by atoms with Crippen LogP contribution >= 0.6 is 0 Å². The van der Waals surface area contributed by atoms with Gasteiger partial charge in [0.15, 0.2) is 0 Å². The van der Waals surface area contributed by atoms with Crippen molar-refractivity contribution in [2.24, 2.45) is 0 Å². The van der Waals surface area contributed by atoms with Crippen molar-refractivity contribution < 1.29 is 24.2 Å². The van der Waals surface area contributed by atoms with Crippen LogP contribution in [-0.2, 0) is 4.74 Å². The lowest BCUT2D eigenvalue weighted by Crippen LogP contribution is -2.27. The van der Waals surface area contributed by atoms with Gasteiger partial charge in [-0.25, -0.2) is 9.59 Å². The molecular formula is C20H23N3O5. The smallest absolute Gasteiger partial charge is 0.412 e. The van der Waals surface area contributed by atoms with E-state index in [4.69, 9.17) is 4.74 Å². The minimum Gasteiger partial charge on any atom is -0.478 e. The zero-order chi connectivity index (χ0) is 20.9. The van der Waals surface area contributed by atoms with E-state index in [9.17, 15) is 19.5 Å². The molecule has 0 aromatic heterocycles. The molecule has 2 rings (SSSR count). The molecule has 0 heterocycles. The molecule has 0 aliphatic heterocycles. The second kappa shape index (κ2) is 8.43. The van der Waals surface area contributed by atoms with Crippen molar-refractivity contribution in [2.75, 3.05) is 23.0 Å². The monoisotopic (exact) mass is 385 g/mol. The van der Waals surface area contributed by atoms with E-state index < -0.39 is 23.6 Å². The maximum absolute atomic E-state index is 12.5. The Morgan fingerprint density at radius 3 is 2.14 bits per heavy atom. The number of carbonyl (C=O) groups is 3. The first-order valence-corrected chi connectivity index (χ1v) is 8.56. The average molecular weight is 385 g/mol. The lowest BCUT2D eigenvalue weighted by molar-refractivity contribution is 0.0634. The standard InChI is InChI=1S/C20H23N3O5/c1-20(2,3)28-19(27)23-16-11-12(9-10-15(16)21-4)22-17(24)13-7-5-6-8-14(13)18(25)26/h5-11,21H,1-4H3,(H,22,24)(H,23,27)(H,25,26). The number of rotatable bonds is 5. The van der Waals surface area contributed by atoms with E-state index in [-0.39, 0.29) is 11.1 Å². The summed E-state index contributed by atoms with van der Waals surface area (Å²) in [6.07, 6.45) is -0.635. The number of carboxylic acids is 1. The van der Waals surface area contributed by atoms with Crippen LogP contribution in [0.3, 0.4) is 0 Å². The van der Waals surface area contributed by atoms with Gasteiger partial charge in [-0.1, -0.05) is 12.1 Å². The highest BCUT2D eigenvalue weighted by molar-refractivity contribution is 6.11. The van der Waals surface area contributed by atoms with E-state index in [1.807, 2.05) is 0 Å². The molecule has 0 spiro atoms. The van der Waals surface area contributed by atoms with Crippen molar-refractivity contribution in [3.05, 3.63) is 53.6 Å². The van der Waals surface area contributed by atoms with Crippen molar-refractivity contribution in [1.82, 2.24) is 0 Å². The van der Waals surface area contributed by atoms with E-state index in [1.165, 1.54) is 12.1 Å². The van der Waals surface area contributed by atoms with Crippen LogP contribution in [0.25, 0.3) is 0 Å². The molecule has 2 aromatic carbocycles. The molecule has 8 nitrogen and oxygen atoms in total. The van der Waals surface area contributed by atoms with Gasteiger partial charge in [0, 0.05) is 12.7 Å². The molecule has 0 radical (unpaired) electrons. The summed E-state index contributed by atoms with van der Waals surface area (Å²) in [4.78, 5) is 35.9. The summed E-state index contributed by atoms with van der Waals surface area (Å²) in [5, 5.41) is 17.5. The number of ether oxygens (including phenoxy) is 1. The Morgan fingerprint density at radius 1 is 0.929 bits per heavy atom. The van der Waals surface area contributed by atoms with Gasteiger partial charge >= 0.3 is 12.1 Å². The Morgan fingerprint density at radius 2 is 1.57 bits per heavy atom. The molecular weight excluding hydrogens is 362 g/mol. The topological polar surface area (TPSA) is 117 Å². The van der Waals surface area contributed by atoms with Crippen molar-refractivity contribution >= 4 is 35.0 Å². The summed E-state index contributed by atoms with van der Waals surface area (Å²) in [5.41, 5.74) is 0.690. The van der Waals surface area contributed by atoms with Crippen LogP contribution in [0.2, 0.25) is 0 Å². The maximum atomic E-state index is 12.5. The summed E-state index contributed by atoms with van der Waals surface area (Å²) in [7, 11) is 1.69. The highest BCUT2D eigenvalue weighted by Crippen LogP contribution is 2.27. The van der Waals surface area contributed by atoms with E-state index in [2.05, 4.69) is 16.0 Å². The molecule has 8 heteroatoms. The van der Waals surface area contributed by atoms with Gasteiger partial charge in [0.2, 0.25) is 0 Å². The molecule has 0 saturated carbocycles. The number of nitrogens with one attached hydrogen (secondary N) is 3. The molecule has 0 unspecified atom stereocenters. The first kappa shape index (κ1) is 20.8. The number of hydrogen-bond donors (Lipinski definition) is 4. The minimum absolute atomic E-state index is 0.0364. The Kier molecular flexibility index (Phi) is 6.25. The van der Waals surface area contributed by atoms with Crippen LogP contribution in [0.15, 0.2) is 42.5 Å². The maximum Gasteiger partial charge on any atom is 0.412 e. The predicted molar refractivity (Wildman–Crippen MR) is 107 cm³/mol. The third-order valence-corrected chi connectivity index (χ3v) is 3.58. The molecule has 0 saturated heterocycles. The summed E-state index contributed by atoms with van der Waals surface area (Å²) >= 11 is 0. The zero-order valence-electron chi connectivity index (χ0n) is 16.1. The van der Waals surface area contributed by atoms with Crippen LogP contribution in [0.4, 0.5) is 21.9 Å². The minimum atomic E-state index is -1.19. The Bertz CT molecular complexity index is 903. The Hall–Kier alpha value is -3.55. The largest absolute Gasteiger partial charge is 0.478 e. The Balaban J connectivity index is 2.24. The fourth-order valence-corrected chi connectivity index (χ4v) is 2.42. The zero-order valence-corrected chi connectivity index (χ0v) is 16.1. The van der Waals surface area contributed by atoms with Gasteiger partial charge in [-0.2, -0.15) is 0 Å². The second-order valence-electron chi connectivity index (χ2n) is 6.94. The highest BCUT2D eigenvalue weighted by atomic mass is 16.6. The fourth-order valence-electron chi connectivity index (χ4n) is 2.42. The van der Waals surface area contributed by atoms with Gasteiger partial charge in [-0.3, -0.25) is 10.1 Å². The molecule has 0 atom stereocenters. The van der Waals surface area contributed by atoms with E-state index in [0.717, 1.165) is 0 Å². The van der Waals surface area contributed by atoms with Gasteiger partial charge in [-0.05, 0) is 51.1 Å². The summed E-state index contributed by atoms with van der Waals surface area (Å²) in [6, 6.07) is 10.8. The van der Waals surface area contributed by atoms with Gasteiger partial charge in [0.25, 0.3) is 5.91 Å². The average Bonchev–Trinajstić information content (AvgIpc) is 2.60. The lowest BCUT2D eigenvalue weighted by Gasteiger charge is -2.20. The number of carbonyl (C=O) groups excluding carboxylic acids is 2. The van der Waals surface area contributed by atoms with Crippen LogP contribution in [0.1, 0.15) is 41.5 Å². The second-order valence-corrected chi connectivity index (χ2v) is 6.94. The third kappa shape index (κ3) is 5.47. The van der Waals surface area contributed by atoms with Crippen molar-refractivity contribution in [2.45, 2.75) is 26.4 Å². The molecule has 28 heavy (non-hydrogen) atoms. The van der Waals surface area contributed by atoms with E-state index in [1.54, 1.807) is 58.2 Å². The molecule has 0 bridgehead atoms. The first-order chi connectivity index (χ1) is 13.1. The summed E-state index contributed by atoms with van der Waals surface area (Å²) in [5.74, 6) is -1.76. The quantitative estimate of drug-likeness (QED) is 0.617. The van der Waals surface area contributed by atoms with Crippen LogP contribution in [0, 0.1) is 0 Å². The molecule has 0 fully saturated rings. The van der Waals surface area contributed by atoms with Gasteiger partial charge in [-0.15, -0.1) is 0 Å². The van der Waals surface area contributed by atoms with E-state index in [0.29, 0.717) is 17.1 Å². The first-order valence-electron chi connectivity index (χ1n) is 8.56. The third-order valence-electron chi connectivity index (χ3n) is 3.58. The van der Waals surface area contributed by atoms with Gasteiger partial charge < -0.3 is 20.5 Å². The normalized spacial score (nSPS) is 10.7. The van der Waals surface area contributed by atoms with Crippen LogP contribution in [-0.4, -0.2) is 35.7 Å². The molecule has 2 amide bonds. The Labute approximate surface area is 162 Å². The predicted octanol–water partition coefficient (Wildman–Crippen LogP) is 4.03. The van der Waals surface area contributed by atoms with Crippen molar-refractivity contribution in [3.63, 3.8) is 0 Å². The van der Waals surface area contributed by atoms with E-state index >= 15 is 0 Å². The van der Waals surface area contributed by atoms with Crippen molar-refractivity contribution in [3.8, 4) is 0 Å². The number of hydrogen-bond acceptors (Lipinski definition) is 5. The number of carboxylic acid groups (broad SMARTS) is 1. The molecule has 0 aliphatic carbocycles.